The lowest BCUT2D eigenvalue weighted by Gasteiger charge is -2.33. The number of nitrogens with zero attached hydrogens (tertiary/aromatic N) is 1. The highest BCUT2D eigenvalue weighted by Gasteiger charge is 2.32. The van der Waals surface area contributed by atoms with Gasteiger partial charge in [-0.1, -0.05) is 12.1 Å². The standard InChI is InChI=1S/C16H22N2O2/c1-11(19)17-12-8-9-18(10-12)15-6-2-5-14-13(15)4-3-7-16(14)20/h3-4,7,12,15,20H,2,5-6,8-10H2,1H3,(H,17,19). The normalized spacial score (nSPS) is 26.2. The molecule has 1 aromatic carbocycles. The molecule has 4 heteroatoms. The van der Waals surface area contributed by atoms with E-state index in [4.69, 9.17) is 0 Å². The van der Waals surface area contributed by atoms with Crippen LogP contribution < -0.4 is 5.32 Å². The van der Waals surface area contributed by atoms with Crippen molar-refractivity contribution < 1.29 is 9.90 Å². The molecule has 20 heavy (non-hydrogen) atoms. The zero-order chi connectivity index (χ0) is 14.1. The summed E-state index contributed by atoms with van der Waals surface area (Å²) in [7, 11) is 0. The zero-order valence-electron chi connectivity index (χ0n) is 11.9. The zero-order valence-corrected chi connectivity index (χ0v) is 11.9. The van der Waals surface area contributed by atoms with Gasteiger partial charge in [-0.2, -0.15) is 0 Å². The largest absolute Gasteiger partial charge is 0.508 e. The van der Waals surface area contributed by atoms with Crippen molar-refractivity contribution in [3.63, 3.8) is 0 Å². The number of likely N-dealkylation sites (tertiary alicyclic amines) is 1. The number of carbonyl (C=O) groups excluding carboxylic acids is 1. The summed E-state index contributed by atoms with van der Waals surface area (Å²) < 4.78 is 0. The molecule has 4 nitrogen and oxygen atoms in total. The molecule has 1 saturated heterocycles. The van der Waals surface area contributed by atoms with Gasteiger partial charge in [-0.05, 0) is 42.9 Å². The lowest BCUT2D eigenvalue weighted by molar-refractivity contribution is -0.119. The Bertz CT molecular complexity index is 515. The van der Waals surface area contributed by atoms with Crippen LogP contribution in [0.2, 0.25) is 0 Å². The van der Waals surface area contributed by atoms with Gasteiger partial charge in [-0.15, -0.1) is 0 Å². The molecule has 0 aromatic heterocycles. The molecule has 1 aromatic rings. The molecule has 1 fully saturated rings. The molecule has 2 aliphatic rings. The number of phenolic OH excluding ortho intramolecular Hbond substituents is 1. The van der Waals surface area contributed by atoms with Crippen molar-refractivity contribution in [1.29, 1.82) is 0 Å². The van der Waals surface area contributed by atoms with Gasteiger partial charge in [-0.3, -0.25) is 9.69 Å². The van der Waals surface area contributed by atoms with Crippen LogP contribution in [-0.4, -0.2) is 35.0 Å². The minimum Gasteiger partial charge on any atom is -0.508 e. The molecule has 2 atom stereocenters. The summed E-state index contributed by atoms with van der Waals surface area (Å²) in [5.74, 6) is 0.489. The lowest BCUT2D eigenvalue weighted by Crippen LogP contribution is -2.37. The van der Waals surface area contributed by atoms with Crippen LogP contribution in [-0.2, 0) is 11.2 Å². The molecule has 108 valence electrons. The van der Waals surface area contributed by atoms with Crippen LogP contribution in [0.5, 0.6) is 5.75 Å². The van der Waals surface area contributed by atoms with Gasteiger partial charge < -0.3 is 10.4 Å². The first-order valence-electron chi connectivity index (χ1n) is 7.47. The number of amides is 1. The number of phenols is 1. The number of carbonyl (C=O) groups is 1. The maximum absolute atomic E-state index is 11.2. The Labute approximate surface area is 119 Å². The fourth-order valence-electron chi connectivity index (χ4n) is 3.66. The first-order valence-corrected chi connectivity index (χ1v) is 7.47. The monoisotopic (exact) mass is 274 g/mol. The number of fused-ring (bicyclic) bond motifs is 1. The Morgan fingerprint density at radius 3 is 3.05 bits per heavy atom. The van der Waals surface area contributed by atoms with Crippen LogP contribution >= 0.6 is 0 Å². The van der Waals surface area contributed by atoms with Crippen molar-refractivity contribution in [3.8, 4) is 5.75 Å². The Morgan fingerprint density at radius 2 is 2.25 bits per heavy atom. The SMILES string of the molecule is CC(=O)NC1CCN(C2CCCc3c(O)cccc32)C1. The van der Waals surface area contributed by atoms with Gasteiger partial charge in [-0.25, -0.2) is 0 Å². The average Bonchev–Trinajstić information content (AvgIpc) is 2.86. The third-order valence-electron chi connectivity index (χ3n) is 4.52. The molecule has 1 aliphatic carbocycles. The lowest BCUT2D eigenvalue weighted by atomic mass is 9.86. The van der Waals surface area contributed by atoms with E-state index in [1.807, 2.05) is 6.07 Å². The van der Waals surface area contributed by atoms with Crippen LogP contribution in [0.15, 0.2) is 18.2 Å². The molecule has 1 aliphatic heterocycles. The topological polar surface area (TPSA) is 52.6 Å². The predicted molar refractivity (Wildman–Crippen MR) is 77.6 cm³/mol. The first-order chi connectivity index (χ1) is 9.65. The molecule has 0 saturated carbocycles. The summed E-state index contributed by atoms with van der Waals surface area (Å²) >= 11 is 0. The minimum absolute atomic E-state index is 0.0542. The summed E-state index contributed by atoms with van der Waals surface area (Å²) in [6.07, 6.45) is 4.26. The van der Waals surface area contributed by atoms with Crippen LogP contribution in [0.4, 0.5) is 0 Å². The van der Waals surface area contributed by atoms with Crippen molar-refractivity contribution in [1.82, 2.24) is 10.2 Å². The van der Waals surface area contributed by atoms with Gasteiger partial charge in [0.15, 0.2) is 0 Å². The highest BCUT2D eigenvalue weighted by molar-refractivity contribution is 5.73. The van der Waals surface area contributed by atoms with E-state index in [9.17, 15) is 9.90 Å². The fourth-order valence-corrected chi connectivity index (χ4v) is 3.66. The summed E-state index contributed by atoms with van der Waals surface area (Å²) in [4.78, 5) is 13.6. The van der Waals surface area contributed by atoms with Gasteiger partial charge in [0.2, 0.25) is 5.91 Å². The van der Waals surface area contributed by atoms with Crippen LogP contribution in [0, 0.1) is 0 Å². The molecule has 2 N–H and O–H groups in total. The van der Waals surface area contributed by atoms with E-state index >= 15 is 0 Å². The second-order valence-corrected chi connectivity index (χ2v) is 5.93. The van der Waals surface area contributed by atoms with Gasteiger partial charge in [0.1, 0.15) is 5.75 Å². The number of hydrogen-bond donors (Lipinski definition) is 2. The summed E-state index contributed by atoms with van der Waals surface area (Å²) in [6, 6.07) is 6.53. The molecule has 0 radical (unpaired) electrons. The quantitative estimate of drug-likeness (QED) is 0.867. The molecule has 1 heterocycles. The number of hydrogen-bond acceptors (Lipinski definition) is 3. The smallest absolute Gasteiger partial charge is 0.217 e. The Balaban J connectivity index is 1.77. The van der Waals surface area contributed by atoms with E-state index < -0.39 is 0 Å². The minimum atomic E-state index is 0.0542. The van der Waals surface area contributed by atoms with Gasteiger partial charge in [0, 0.05) is 32.1 Å². The highest BCUT2D eigenvalue weighted by Crippen LogP contribution is 2.39. The van der Waals surface area contributed by atoms with Crippen molar-refractivity contribution in [2.24, 2.45) is 0 Å². The van der Waals surface area contributed by atoms with Crippen LogP contribution in [0.3, 0.4) is 0 Å². The Morgan fingerprint density at radius 1 is 1.40 bits per heavy atom. The predicted octanol–water partition coefficient (Wildman–Crippen LogP) is 1.98. The second-order valence-electron chi connectivity index (χ2n) is 5.93. The molecule has 1 amide bonds. The van der Waals surface area contributed by atoms with Gasteiger partial charge in [0.05, 0.1) is 0 Å². The van der Waals surface area contributed by atoms with E-state index in [2.05, 4.69) is 16.3 Å². The van der Waals surface area contributed by atoms with Gasteiger partial charge in [0.25, 0.3) is 0 Å². The molecule has 3 rings (SSSR count). The van der Waals surface area contributed by atoms with Crippen molar-refractivity contribution in [2.75, 3.05) is 13.1 Å². The van der Waals surface area contributed by atoms with E-state index in [1.165, 1.54) is 5.56 Å². The van der Waals surface area contributed by atoms with Crippen LogP contribution in [0.25, 0.3) is 0 Å². The van der Waals surface area contributed by atoms with Crippen molar-refractivity contribution >= 4 is 5.91 Å². The Hall–Kier alpha value is -1.55. The molecular formula is C16H22N2O2. The Kier molecular flexibility index (Phi) is 3.66. The number of aromatic hydroxyl groups is 1. The number of nitrogens with one attached hydrogen (secondary N) is 1. The van der Waals surface area contributed by atoms with E-state index in [0.29, 0.717) is 11.8 Å². The highest BCUT2D eigenvalue weighted by atomic mass is 16.3. The first kappa shape index (κ1) is 13.4. The molecule has 0 bridgehead atoms. The van der Waals surface area contributed by atoms with Crippen molar-refractivity contribution in [3.05, 3.63) is 29.3 Å². The number of benzene rings is 1. The van der Waals surface area contributed by atoms with Crippen molar-refractivity contribution in [2.45, 2.75) is 44.7 Å². The maximum atomic E-state index is 11.2. The second kappa shape index (κ2) is 5.44. The van der Waals surface area contributed by atoms with E-state index in [-0.39, 0.29) is 11.9 Å². The third-order valence-corrected chi connectivity index (χ3v) is 4.52. The molecule has 0 spiro atoms. The van der Waals surface area contributed by atoms with Gasteiger partial charge >= 0.3 is 0 Å². The van der Waals surface area contributed by atoms with E-state index in [0.717, 1.165) is 44.3 Å². The number of rotatable bonds is 2. The molecular weight excluding hydrogens is 252 g/mol. The summed E-state index contributed by atoms with van der Waals surface area (Å²) in [5.41, 5.74) is 2.39. The summed E-state index contributed by atoms with van der Waals surface area (Å²) in [5, 5.41) is 13.0. The summed E-state index contributed by atoms with van der Waals surface area (Å²) in [6.45, 7) is 3.51. The fraction of sp³-hybridized carbons (Fsp3) is 0.562. The van der Waals surface area contributed by atoms with E-state index in [1.54, 1.807) is 13.0 Å². The average molecular weight is 274 g/mol. The van der Waals surface area contributed by atoms with Crippen LogP contribution in [0.1, 0.15) is 43.4 Å². The maximum Gasteiger partial charge on any atom is 0.217 e. The third kappa shape index (κ3) is 2.52. The molecule has 2 unspecified atom stereocenters.